The number of carbonyl (C=O) groups excluding carboxylic acids is 1. The van der Waals surface area contributed by atoms with Crippen LogP contribution in [0.25, 0.3) is 17.0 Å². The Morgan fingerprint density at radius 1 is 1.23 bits per heavy atom. The molecule has 0 bridgehead atoms. The molecule has 1 aromatic heterocycles. The monoisotopic (exact) mass is 402 g/mol. The minimum Gasteiger partial charge on any atom is -0.369 e. The van der Waals surface area contributed by atoms with Gasteiger partial charge in [0, 0.05) is 36.7 Å². The Balaban J connectivity index is 1.40. The van der Waals surface area contributed by atoms with Crippen molar-refractivity contribution in [3.05, 3.63) is 71.2 Å². The Morgan fingerprint density at radius 3 is 2.80 bits per heavy atom. The van der Waals surface area contributed by atoms with Gasteiger partial charge in [-0.25, -0.2) is 4.39 Å². The van der Waals surface area contributed by atoms with E-state index < -0.39 is 5.91 Å². The van der Waals surface area contributed by atoms with E-state index in [2.05, 4.69) is 10.3 Å². The van der Waals surface area contributed by atoms with Crippen molar-refractivity contribution in [3.8, 4) is 6.07 Å². The van der Waals surface area contributed by atoms with Gasteiger partial charge in [-0.05, 0) is 54.7 Å². The highest BCUT2D eigenvalue weighted by molar-refractivity contribution is 6.01. The molecule has 0 saturated carbocycles. The van der Waals surface area contributed by atoms with Gasteiger partial charge in [0.05, 0.1) is 5.69 Å². The summed E-state index contributed by atoms with van der Waals surface area (Å²) in [5, 5.41) is 13.3. The van der Waals surface area contributed by atoms with E-state index in [0.29, 0.717) is 24.2 Å². The van der Waals surface area contributed by atoms with Crippen LogP contribution in [0.3, 0.4) is 0 Å². The largest absolute Gasteiger partial charge is 0.369 e. The number of hydrogen-bond acceptors (Lipinski definition) is 3. The second-order valence-electron chi connectivity index (χ2n) is 7.44. The zero-order valence-electron chi connectivity index (χ0n) is 16.6. The van der Waals surface area contributed by atoms with Crippen molar-refractivity contribution in [1.29, 1.82) is 5.26 Å². The number of anilines is 1. The SMILES string of the molecule is N#CC(=Cc1ccc(N2CCCC2)c(F)c1)C(=O)NCCc1c[nH]c2ccccc12. The molecule has 30 heavy (non-hydrogen) atoms. The summed E-state index contributed by atoms with van der Waals surface area (Å²) in [5.41, 5.74) is 3.19. The van der Waals surface area contributed by atoms with Crippen LogP contribution in [0.1, 0.15) is 24.0 Å². The average molecular weight is 402 g/mol. The molecule has 0 atom stereocenters. The molecule has 1 fully saturated rings. The lowest BCUT2D eigenvalue weighted by Gasteiger charge is -2.18. The lowest BCUT2D eigenvalue weighted by molar-refractivity contribution is -0.117. The van der Waals surface area contributed by atoms with Crippen molar-refractivity contribution in [2.75, 3.05) is 24.5 Å². The number of nitriles is 1. The number of rotatable bonds is 6. The number of halogens is 1. The fraction of sp³-hybridized carbons (Fsp3) is 0.250. The topological polar surface area (TPSA) is 71.9 Å². The first-order chi connectivity index (χ1) is 14.7. The Bertz CT molecular complexity index is 1140. The lowest BCUT2D eigenvalue weighted by Crippen LogP contribution is -2.26. The van der Waals surface area contributed by atoms with Gasteiger partial charge in [0.15, 0.2) is 0 Å². The zero-order valence-corrected chi connectivity index (χ0v) is 16.6. The van der Waals surface area contributed by atoms with E-state index >= 15 is 0 Å². The van der Waals surface area contributed by atoms with Gasteiger partial charge in [0.2, 0.25) is 0 Å². The first-order valence-electron chi connectivity index (χ1n) is 10.1. The van der Waals surface area contributed by atoms with Gasteiger partial charge in [-0.3, -0.25) is 4.79 Å². The predicted molar refractivity (Wildman–Crippen MR) is 116 cm³/mol. The number of nitrogens with zero attached hydrogens (tertiary/aromatic N) is 2. The predicted octanol–water partition coefficient (Wildman–Crippen LogP) is 4.17. The normalized spacial score (nSPS) is 14.1. The average Bonchev–Trinajstić information content (AvgIpc) is 3.42. The van der Waals surface area contributed by atoms with Crippen LogP contribution in [0, 0.1) is 17.1 Å². The molecular formula is C24H23FN4O. The fourth-order valence-electron chi connectivity index (χ4n) is 3.89. The smallest absolute Gasteiger partial charge is 0.261 e. The number of carbonyl (C=O) groups is 1. The molecule has 1 amide bonds. The third-order valence-corrected chi connectivity index (χ3v) is 5.45. The molecular weight excluding hydrogens is 379 g/mol. The number of nitrogens with one attached hydrogen (secondary N) is 2. The first-order valence-corrected chi connectivity index (χ1v) is 10.1. The summed E-state index contributed by atoms with van der Waals surface area (Å²) in [6.45, 7) is 2.12. The Hall–Kier alpha value is -3.59. The second kappa shape index (κ2) is 8.83. The molecule has 152 valence electrons. The van der Waals surface area contributed by atoms with Gasteiger partial charge in [0.1, 0.15) is 17.5 Å². The molecule has 4 rings (SSSR count). The van der Waals surface area contributed by atoms with Crippen LogP contribution in [-0.2, 0) is 11.2 Å². The highest BCUT2D eigenvalue weighted by Gasteiger charge is 2.16. The van der Waals surface area contributed by atoms with Crippen LogP contribution in [0.2, 0.25) is 0 Å². The van der Waals surface area contributed by atoms with E-state index in [1.807, 2.05) is 41.4 Å². The van der Waals surface area contributed by atoms with Crippen LogP contribution in [0.15, 0.2) is 54.2 Å². The molecule has 6 heteroatoms. The van der Waals surface area contributed by atoms with Gasteiger partial charge in [-0.15, -0.1) is 0 Å². The number of amides is 1. The number of H-pyrrole nitrogens is 1. The number of benzene rings is 2. The standard InChI is InChI=1S/C24H23FN4O/c25-21-14-17(7-8-23(21)29-11-3-4-12-29)13-19(15-26)24(30)27-10-9-18-16-28-22-6-2-1-5-20(18)22/h1-2,5-8,13-14,16,28H,3-4,9-12H2,(H,27,30). The van der Waals surface area contributed by atoms with E-state index in [1.54, 1.807) is 12.1 Å². The number of fused-ring (bicyclic) bond motifs is 1. The third-order valence-electron chi connectivity index (χ3n) is 5.45. The minimum absolute atomic E-state index is 0.0396. The van der Waals surface area contributed by atoms with Crippen molar-refractivity contribution < 1.29 is 9.18 Å². The van der Waals surface area contributed by atoms with E-state index in [-0.39, 0.29) is 11.4 Å². The lowest BCUT2D eigenvalue weighted by atomic mass is 10.1. The van der Waals surface area contributed by atoms with Gasteiger partial charge in [-0.1, -0.05) is 24.3 Å². The summed E-state index contributed by atoms with van der Waals surface area (Å²) in [6.07, 6.45) is 6.14. The van der Waals surface area contributed by atoms with Crippen molar-refractivity contribution in [1.82, 2.24) is 10.3 Å². The molecule has 3 aromatic rings. The maximum absolute atomic E-state index is 14.5. The summed E-state index contributed by atoms with van der Waals surface area (Å²) < 4.78 is 14.5. The molecule has 1 aliphatic rings. The third kappa shape index (κ3) is 4.20. The summed E-state index contributed by atoms with van der Waals surface area (Å²) in [4.78, 5) is 17.6. The molecule has 1 saturated heterocycles. The van der Waals surface area contributed by atoms with Gasteiger partial charge >= 0.3 is 0 Å². The number of hydrogen-bond donors (Lipinski definition) is 2. The second-order valence-corrected chi connectivity index (χ2v) is 7.44. The van der Waals surface area contributed by atoms with E-state index in [9.17, 15) is 14.4 Å². The summed E-state index contributed by atoms with van der Waals surface area (Å²) >= 11 is 0. The van der Waals surface area contributed by atoms with Crippen molar-refractivity contribution in [3.63, 3.8) is 0 Å². The van der Waals surface area contributed by atoms with Crippen LogP contribution in [0.4, 0.5) is 10.1 Å². The van der Waals surface area contributed by atoms with Crippen LogP contribution in [-0.4, -0.2) is 30.5 Å². The molecule has 2 N–H and O–H groups in total. The molecule has 0 radical (unpaired) electrons. The maximum Gasteiger partial charge on any atom is 0.261 e. The summed E-state index contributed by atoms with van der Waals surface area (Å²) in [7, 11) is 0. The fourth-order valence-corrected chi connectivity index (χ4v) is 3.89. The molecule has 0 unspecified atom stereocenters. The van der Waals surface area contributed by atoms with Crippen LogP contribution >= 0.6 is 0 Å². The highest BCUT2D eigenvalue weighted by atomic mass is 19.1. The van der Waals surface area contributed by atoms with Crippen LogP contribution < -0.4 is 10.2 Å². The maximum atomic E-state index is 14.5. The summed E-state index contributed by atoms with van der Waals surface area (Å²) in [5.74, 6) is -0.788. The van der Waals surface area contributed by atoms with Gasteiger partial charge in [-0.2, -0.15) is 5.26 Å². The van der Waals surface area contributed by atoms with Crippen LogP contribution in [0.5, 0.6) is 0 Å². The van der Waals surface area contributed by atoms with Crippen molar-refractivity contribution in [2.24, 2.45) is 0 Å². The first kappa shape index (κ1) is 19.7. The highest BCUT2D eigenvalue weighted by Crippen LogP contribution is 2.25. The zero-order chi connectivity index (χ0) is 20.9. The molecule has 0 spiro atoms. The number of para-hydroxylation sites is 1. The molecule has 2 heterocycles. The number of aromatic nitrogens is 1. The minimum atomic E-state index is -0.457. The van der Waals surface area contributed by atoms with E-state index in [0.717, 1.165) is 42.4 Å². The summed E-state index contributed by atoms with van der Waals surface area (Å²) in [6, 6.07) is 14.7. The Kier molecular flexibility index (Phi) is 5.80. The van der Waals surface area contributed by atoms with E-state index in [1.165, 1.54) is 12.1 Å². The molecule has 5 nitrogen and oxygen atoms in total. The van der Waals surface area contributed by atoms with Crippen molar-refractivity contribution in [2.45, 2.75) is 19.3 Å². The van der Waals surface area contributed by atoms with E-state index in [4.69, 9.17) is 0 Å². The van der Waals surface area contributed by atoms with Gasteiger partial charge in [0.25, 0.3) is 5.91 Å². The quantitative estimate of drug-likeness (QED) is 0.480. The van der Waals surface area contributed by atoms with Gasteiger partial charge < -0.3 is 15.2 Å². The molecule has 0 aliphatic carbocycles. The molecule has 2 aromatic carbocycles. The Labute approximate surface area is 174 Å². The number of aromatic amines is 1. The Morgan fingerprint density at radius 2 is 2.03 bits per heavy atom. The van der Waals surface area contributed by atoms with Crippen molar-refractivity contribution >= 4 is 28.6 Å². The molecule has 1 aliphatic heterocycles.